The normalized spacial score (nSPS) is 10.5. The third kappa shape index (κ3) is 3.72. The monoisotopic (exact) mass is 278 g/mol. The molecule has 0 saturated heterocycles. The first kappa shape index (κ1) is 13.4. The lowest BCUT2D eigenvalue weighted by molar-refractivity contribution is 0.102. The van der Waals surface area contributed by atoms with Crippen LogP contribution < -0.4 is 10.1 Å². The van der Waals surface area contributed by atoms with Crippen LogP contribution in [-0.2, 0) is 0 Å². The number of carbonyl (C=O) groups is 1. The molecule has 0 saturated carbocycles. The largest absolute Gasteiger partial charge is 0.475 e. The lowest BCUT2D eigenvalue weighted by atomic mass is 10.3. The zero-order valence-corrected chi connectivity index (χ0v) is 11.7. The minimum atomic E-state index is -0.325. The number of nitrogens with zero attached hydrogens (tertiary/aromatic N) is 3. The Labute approximate surface area is 114 Å². The van der Waals surface area contributed by atoms with E-state index in [-0.39, 0.29) is 17.7 Å². The first-order valence-corrected chi connectivity index (χ1v) is 6.66. The molecule has 0 aromatic carbocycles. The molecule has 0 aliphatic carbocycles. The summed E-state index contributed by atoms with van der Waals surface area (Å²) in [5.74, 6) is 0.559. The number of carbonyl (C=O) groups excluding carboxylic acids is 1. The first-order valence-electron chi connectivity index (χ1n) is 5.78. The highest BCUT2D eigenvalue weighted by atomic mass is 32.1. The highest BCUT2D eigenvalue weighted by molar-refractivity contribution is 7.13. The molecule has 7 heteroatoms. The number of anilines is 1. The Kier molecular flexibility index (Phi) is 4.06. The van der Waals surface area contributed by atoms with Crippen molar-refractivity contribution >= 4 is 22.4 Å². The van der Waals surface area contributed by atoms with E-state index in [2.05, 4.69) is 20.3 Å². The van der Waals surface area contributed by atoms with Crippen LogP contribution in [0.3, 0.4) is 0 Å². The number of hydrogen-bond donors (Lipinski definition) is 1. The van der Waals surface area contributed by atoms with Crippen molar-refractivity contribution in [2.45, 2.75) is 26.9 Å². The molecule has 0 aliphatic heterocycles. The van der Waals surface area contributed by atoms with Gasteiger partial charge in [-0.15, -0.1) is 11.3 Å². The lowest BCUT2D eigenvalue weighted by Gasteiger charge is -2.10. The Bertz CT molecular complexity index is 569. The molecule has 2 rings (SSSR count). The van der Waals surface area contributed by atoms with E-state index in [0.29, 0.717) is 16.8 Å². The molecule has 100 valence electrons. The van der Waals surface area contributed by atoms with Crippen molar-refractivity contribution < 1.29 is 9.53 Å². The van der Waals surface area contributed by atoms with Crippen LogP contribution >= 0.6 is 11.3 Å². The van der Waals surface area contributed by atoms with Crippen LogP contribution in [0.5, 0.6) is 5.88 Å². The fourth-order valence-electron chi connectivity index (χ4n) is 1.40. The number of rotatable bonds is 4. The van der Waals surface area contributed by atoms with Gasteiger partial charge in [-0.3, -0.25) is 10.1 Å². The number of aryl methyl sites for hydroxylation is 1. The van der Waals surface area contributed by atoms with Crippen LogP contribution in [0.15, 0.2) is 17.6 Å². The van der Waals surface area contributed by atoms with Gasteiger partial charge in [-0.05, 0) is 20.8 Å². The van der Waals surface area contributed by atoms with Crippen LogP contribution in [0, 0.1) is 6.92 Å². The molecule has 0 atom stereocenters. The van der Waals surface area contributed by atoms with E-state index < -0.39 is 0 Å². The molecule has 2 heterocycles. The Morgan fingerprint density at radius 1 is 1.42 bits per heavy atom. The van der Waals surface area contributed by atoms with Crippen molar-refractivity contribution in [1.29, 1.82) is 0 Å². The van der Waals surface area contributed by atoms with Crippen molar-refractivity contribution in [3.05, 3.63) is 29.2 Å². The van der Waals surface area contributed by atoms with Gasteiger partial charge in [-0.1, -0.05) is 0 Å². The van der Waals surface area contributed by atoms with Gasteiger partial charge in [-0.25, -0.2) is 9.97 Å². The predicted octanol–water partition coefficient (Wildman–Crippen LogP) is 2.28. The van der Waals surface area contributed by atoms with Gasteiger partial charge in [0.15, 0.2) is 5.13 Å². The van der Waals surface area contributed by atoms with Gasteiger partial charge in [0.05, 0.1) is 6.10 Å². The van der Waals surface area contributed by atoms with Crippen molar-refractivity contribution in [3.63, 3.8) is 0 Å². The van der Waals surface area contributed by atoms with Gasteiger partial charge in [-0.2, -0.15) is 4.98 Å². The van der Waals surface area contributed by atoms with E-state index in [1.165, 1.54) is 17.4 Å². The predicted molar refractivity (Wildman–Crippen MR) is 72.6 cm³/mol. The number of aromatic nitrogens is 3. The number of thiazole rings is 1. The van der Waals surface area contributed by atoms with Crippen LogP contribution in [0.2, 0.25) is 0 Å². The lowest BCUT2D eigenvalue weighted by Crippen LogP contribution is -2.16. The third-order valence-corrected chi connectivity index (χ3v) is 2.74. The highest BCUT2D eigenvalue weighted by Gasteiger charge is 2.13. The quantitative estimate of drug-likeness (QED) is 0.928. The molecule has 1 amide bonds. The summed E-state index contributed by atoms with van der Waals surface area (Å²) < 4.78 is 5.48. The average Bonchev–Trinajstić information content (AvgIpc) is 2.80. The molecular formula is C12H14N4O2S. The molecule has 0 unspecified atom stereocenters. The Morgan fingerprint density at radius 3 is 2.84 bits per heavy atom. The number of hydrogen-bond acceptors (Lipinski definition) is 6. The summed E-state index contributed by atoms with van der Waals surface area (Å²) in [5.41, 5.74) is 0.262. The standard InChI is InChI=1S/C12H14N4O2S/c1-7(2)18-10-6-9(14-8(3)15-10)11(17)16-12-13-4-5-19-12/h4-7H,1-3H3,(H,13,16,17). The van der Waals surface area contributed by atoms with Gasteiger partial charge in [0.1, 0.15) is 11.5 Å². The van der Waals surface area contributed by atoms with Crippen LogP contribution in [0.1, 0.15) is 30.2 Å². The summed E-state index contributed by atoms with van der Waals surface area (Å²) in [6.07, 6.45) is 1.61. The maximum absolute atomic E-state index is 12.0. The second kappa shape index (κ2) is 5.75. The fraction of sp³-hybridized carbons (Fsp3) is 0.333. The Morgan fingerprint density at radius 2 is 2.21 bits per heavy atom. The molecule has 1 N–H and O–H groups in total. The first-order chi connectivity index (χ1) is 9.04. The number of ether oxygens (including phenoxy) is 1. The molecule has 0 aliphatic rings. The summed E-state index contributed by atoms with van der Waals surface area (Å²) in [5, 5.41) is 4.99. The summed E-state index contributed by atoms with van der Waals surface area (Å²) in [6, 6.07) is 1.52. The van der Waals surface area contributed by atoms with Crippen molar-refractivity contribution in [1.82, 2.24) is 15.0 Å². The Hall–Kier alpha value is -2.02. The second-order valence-electron chi connectivity index (χ2n) is 4.10. The van der Waals surface area contributed by atoms with Crippen molar-refractivity contribution in [3.8, 4) is 5.88 Å². The number of amides is 1. The van der Waals surface area contributed by atoms with Crippen molar-refractivity contribution in [2.24, 2.45) is 0 Å². The zero-order valence-electron chi connectivity index (χ0n) is 10.9. The van der Waals surface area contributed by atoms with E-state index in [0.717, 1.165) is 0 Å². The molecule has 0 spiro atoms. The molecule has 2 aromatic rings. The summed E-state index contributed by atoms with van der Waals surface area (Å²) >= 11 is 1.35. The Balaban J connectivity index is 2.19. The van der Waals surface area contributed by atoms with Crippen LogP contribution in [-0.4, -0.2) is 27.0 Å². The molecule has 2 aromatic heterocycles. The van der Waals surface area contributed by atoms with E-state index in [4.69, 9.17) is 4.74 Å². The van der Waals surface area contributed by atoms with E-state index >= 15 is 0 Å². The van der Waals surface area contributed by atoms with Crippen molar-refractivity contribution in [2.75, 3.05) is 5.32 Å². The van der Waals surface area contributed by atoms with E-state index in [1.54, 1.807) is 18.5 Å². The van der Waals surface area contributed by atoms with Gasteiger partial charge in [0, 0.05) is 17.6 Å². The molecule has 19 heavy (non-hydrogen) atoms. The van der Waals surface area contributed by atoms with E-state index in [1.807, 2.05) is 13.8 Å². The van der Waals surface area contributed by atoms with E-state index in [9.17, 15) is 4.79 Å². The second-order valence-corrected chi connectivity index (χ2v) is 4.99. The molecule has 6 nitrogen and oxygen atoms in total. The van der Waals surface area contributed by atoms with Gasteiger partial charge in [0.2, 0.25) is 5.88 Å². The average molecular weight is 278 g/mol. The SMILES string of the molecule is Cc1nc(OC(C)C)cc(C(=O)Nc2nccs2)n1. The fourth-order valence-corrected chi connectivity index (χ4v) is 1.93. The molecule has 0 radical (unpaired) electrons. The highest BCUT2D eigenvalue weighted by Crippen LogP contribution is 2.15. The molecule has 0 bridgehead atoms. The molecular weight excluding hydrogens is 264 g/mol. The maximum Gasteiger partial charge on any atom is 0.276 e. The molecule has 0 fully saturated rings. The van der Waals surface area contributed by atoms with Gasteiger partial charge >= 0.3 is 0 Å². The summed E-state index contributed by atoms with van der Waals surface area (Å²) in [7, 11) is 0. The van der Waals surface area contributed by atoms with Gasteiger partial charge in [0.25, 0.3) is 5.91 Å². The topological polar surface area (TPSA) is 77.0 Å². The smallest absolute Gasteiger partial charge is 0.276 e. The minimum Gasteiger partial charge on any atom is -0.475 e. The maximum atomic E-state index is 12.0. The zero-order chi connectivity index (χ0) is 13.8. The van der Waals surface area contributed by atoms with Crippen LogP contribution in [0.25, 0.3) is 0 Å². The summed E-state index contributed by atoms with van der Waals surface area (Å²) in [6.45, 7) is 5.51. The minimum absolute atomic E-state index is 0.0100. The van der Waals surface area contributed by atoms with Gasteiger partial charge < -0.3 is 4.74 Å². The summed E-state index contributed by atoms with van der Waals surface area (Å²) in [4.78, 5) is 24.2. The van der Waals surface area contributed by atoms with Crippen LogP contribution in [0.4, 0.5) is 5.13 Å². The number of nitrogens with one attached hydrogen (secondary N) is 1. The third-order valence-electron chi connectivity index (χ3n) is 2.06.